The number of fused-ring (bicyclic) bond motifs is 5. The molecule has 0 aliphatic carbocycles. The van der Waals surface area contributed by atoms with Crippen molar-refractivity contribution in [2.45, 2.75) is 146 Å². The maximum Gasteiger partial charge on any atom is 0.409 e. The molecule has 66 heavy (non-hydrogen) atoms. The average molecular weight is 954 g/mol. The summed E-state index contributed by atoms with van der Waals surface area (Å²) in [5, 5.41) is 26.6. The molecule has 0 spiro atoms. The number of allylic oxidation sites excluding steroid dienone is 3. The van der Waals surface area contributed by atoms with E-state index in [9.17, 15) is 29.1 Å². The van der Waals surface area contributed by atoms with E-state index in [1.54, 1.807) is 80.8 Å². The Balaban J connectivity index is 1.46. The highest BCUT2D eigenvalue weighted by Crippen LogP contribution is 2.50. The van der Waals surface area contributed by atoms with Crippen molar-refractivity contribution in [2.24, 2.45) is 11.8 Å². The average Bonchev–Trinajstić information content (AvgIpc) is 3.96. The minimum atomic E-state index is -1.82. The number of alkyl carbamates (subject to hydrolysis) is 1. The summed E-state index contributed by atoms with van der Waals surface area (Å²) in [4.78, 5) is 66.5. The third kappa shape index (κ3) is 13.3. The number of carbonyl (C=O) groups is 5. The van der Waals surface area contributed by atoms with E-state index in [-0.39, 0.29) is 41.1 Å². The third-order valence-corrected chi connectivity index (χ3v) is 16.3. The van der Waals surface area contributed by atoms with Crippen molar-refractivity contribution in [1.29, 1.82) is 0 Å². The SMILES string of the molecule is COc1cc2cc(c1-c1ccc(NC(=O)CCC(C)SSC(C)(C)CCC(=O)O)cc1)N(C)C(=O)C[C@H](OC(=O)C(C)C)[C@]1(C)O[C@H]1[C@H](C)[C@@H]1C[C@@](O)(NC(=O)O1)[C@H](OC)/C=C/C=C(\C)C2. The van der Waals surface area contributed by atoms with Crippen LogP contribution >= 0.6 is 21.6 Å². The molecule has 3 amide bonds. The number of nitrogens with one attached hydrogen (secondary N) is 2. The fourth-order valence-electron chi connectivity index (χ4n) is 8.21. The number of rotatable bonds is 15. The van der Waals surface area contributed by atoms with Gasteiger partial charge < -0.3 is 44.1 Å². The number of carboxylic acids is 1. The first kappa shape index (κ1) is 52.4. The van der Waals surface area contributed by atoms with Crippen LogP contribution in [0.15, 0.2) is 60.2 Å². The first-order valence-corrected chi connectivity index (χ1v) is 24.6. The number of hydrogen-bond donors (Lipinski definition) is 4. The molecule has 3 aliphatic heterocycles. The van der Waals surface area contributed by atoms with Gasteiger partial charge in [0.1, 0.15) is 29.7 Å². The summed E-state index contributed by atoms with van der Waals surface area (Å²) in [6, 6.07) is 11.2. The molecule has 4 N–H and O–H groups in total. The Bertz CT molecular complexity index is 2160. The second kappa shape index (κ2) is 22.0. The molecule has 0 radical (unpaired) electrons. The zero-order chi connectivity index (χ0) is 48.7. The second-order valence-corrected chi connectivity index (χ2v) is 22.1. The molecule has 3 aliphatic rings. The number of ether oxygens (including phenoxy) is 5. The molecular formula is C49H67N3O12S2. The minimum absolute atomic E-state index is 0.0300. The van der Waals surface area contributed by atoms with Crippen LogP contribution in [0.4, 0.5) is 16.2 Å². The van der Waals surface area contributed by atoms with Gasteiger partial charge in [-0.05, 0) is 82.3 Å². The van der Waals surface area contributed by atoms with Gasteiger partial charge in [0.2, 0.25) is 11.8 Å². The first-order chi connectivity index (χ1) is 31.0. The van der Waals surface area contributed by atoms with Crippen LogP contribution in [0.5, 0.6) is 5.75 Å². The summed E-state index contributed by atoms with van der Waals surface area (Å²) < 4.78 is 29.6. The van der Waals surface area contributed by atoms with E-state index in [1.807, 2.05) is 58.0 Å². The number of nitrogens with zero attached hydrogens (tertiary/aromatic N) is 1. The lowest BCUT2D eigenvalue weighted by molar-refractivity contribution is -0.157. The molecule has 3 heterocycles. The summed E-state index contributed by atoms with van der Waals surface area (Å²) in [5.41, 5.74) is 1.30. The standard InChI is InChI=1S/C49H67N3O12S2/c1-28(2)45(57)63-39-26-41(54)52(9)35-24-32(23-29(3)13-12-14-38(61-11)49(59)27-37(62-46(58)51-49)31(5)44-48(39,8)64-44)25-36(60-10)43(35)33-16-18-34(19-17-33)50-40(53)20-15-30(4)65-66-47(6,7)22-21-42(55)56/h12-14,16-19,24-25,28,30-31,37-39,44,59H,15,20-23,26-27H2,1-11H3,(H,50,53)(H,51,58)(H,55,56)/b14-12+,29-13+/t30?,31-,37+,38-,39+,44+,48+,49+/m1/s1. The Morgan fingerprint density at radius 3 is 2.42 bits per heavy atom. The van der Waals surface area contributed by atoms with Crippen LogP contribution in [0.3, 0.4) is 0 Å². The van der Waals surface area contributed by atoms with Crippen molar-refractivity contribution in [2.75, 3.05) is 31.5 Å². The number of amides is 3. The topological polar surface area (TPSA) is 203 Å². The van der Waals surface area contributed by atoms with Gasteiger partial charge in [-0.1, -0.05) is 85.2 Å². The predicted molar refractivity (Wildman–Crippen MR) is 257 cm³/mol. The number of aliphatic hydroxyl groups is 1. The van der Waals surface area contributed by atoms with Crippen molar-refractivity contribution < 1.29 is 57.9 Å². The number of anilines is 2. The molecule has 4 bridgehead atoms. The van der Waals surface area contributed by atoms with E-state index in [2.05, 4.69) is 17.6 Å². The molecule has 362 valence electrons. The minimum Gasteiger partial charge on any atom is -0.496 e. The highest BCUT2D eigenvalue weighted by atomic mass is 33.1. The number of epoxide rings is 1. The fourth-order valence-corrected chi connectivity index (χ4v) is 10.8. The molecule has 0 aromatic heterocycles. The first-order valence-electron chi connectivity index (χ1n) is 22.4. The summed E-state index contributed by atoms with van der Waals surface area (Å²) in [6.45, 7) is 15.1. The molecule has 17 heteroatoms. The van der Waals surface area contributed by atoms with Crippen molar-refractivity contribution in [3.63, 3.8) is 0 Å². The molecular weight excluding hydrogens is 887 g/mol. The van der Waals surface area contributed by atoms with E-state index in [0.29, 0.717) is 48.4 Å². The maximum atomic E-state index is 14.6. The van der Waals surface area contributed by atoms with Crippen molar-refractivity contribution in [3.8, 4) is 16.9 Å². The van der Waals surface area contributed by atoms with E-state index in [1.165, 1.54) is 12.0 Å². The summed E-state index contributed by atoms with van der Waals surface area (Å²) in [7, 11) is 7.98. The Morgan fingerprint density at radius 1 is 1.09 bits per heavy atom. The van der Waals surface area contributed by atoms with Crippen LogP contribution in [-0.2, 0) is 44.5 Å². The second-order valence-electron chi connectivity index (χ2n) is 18.7. The Kier molecular flexibility index (Phi) is 17.5. The molecule has 2 aromatic carbocycles. The lowest BCUT2D eigenvalue weighted by Crippen LogP contribution is -2.63. The number of carboxylic acid groups (broad SMARTS) is 1. The lowest BCUT2D eigenvalue weighted by Gasteiger charge is -2.42. The van der Waals surface area contributed by atoms with Crippen LogP contribution in [0.2, 0.25) is 0 Å². The van der Waals surface area contributed by atoms with Gasteiger partial charge in [0.05, 0.1) is 31.2 Å². The van der Waals surface area contributed by atoms with Gasteiger partial charge in [0.15, 0.2) is 5.72 Å². The molecule has 1 unspecified atom stereocenters. The number of benzene rings is 2. The largest absolute Gasteiger partial charge is 0.496 e. The van der Waals surface area contributed by atoms with Crippen LogP contribution in [-0.4, -0.2) is 107 Å². The predicted octanol–water partition coefficient (Wildman–Crippen LogP) is 8.47. The van der Waals surface area contributed by atoms with E-state index in [4.69, 9.17) is 28.8 Å². The van der Waals surface area contributed by atoms with Crippen LogP contribution < -0.4 is 20.3 Å². The number of methoxy groups -OCH3 is 2. The van der Waals surface area contributed by atoms with Crippen LogP contribution in [0.25, 0.3) is 11.1 Å². The van der Waals surface area contributed by atoms with Crippen molar-refractivity contribution >= 4 is 62.8 Å². The highest BCUT2D eigenvalue weighted by molar-refractivity contribution is 8.77. The van der Waals surface area contributed by atoms with E-state index < -0.39 is 65.6 Å². The normalized spacial score (nSPS) is 27.6. The highest BCUT2D eigenvalue weighted by Gasteiger charge is 2.64. The number of hydrogen-bond acceptors (Lipinski definition) is 13. The zero-order valence-corrected chi connectivity index (χ0v) is 41.6. The lowest BCUT2D eigenvalue weighted by atomic mass is 9.83. The van der Waals surface area contributed by atoms with Crippen LogP contribution in [0.1, 0.15) is 99.5 Å². The van der Waals surface area contributed by atoms with Gasteiger partial charge in [0, 0.05) is 60.6 Å². The van der Waals surface area contributed by atoms with Gasteiger partial charge in [-0.2, -0.15) is 0 Å². The van der Waals surface area contributed by atoms with Gasteiger partial charge in [0.25, 0.3) is 0 Å². The monoisotopic (exact) mass is 953 g/mol. The van der Waals surface area contributed by atoms with Gasteiger partial charge >= 0.3 is 18.0 Å². The fraction of sp³-hybridized carbons (Fsp3) is 0.571. The van der Waals surface area contributed by atoms with Crippen molar-refractivity contribution in [3.05, 3.63) is 65.8 Å². The smallest absolute Gasteiger partial charge is 0.409 e. The van der Waals surface area contributed by atoms with Gasteiger partial charge in [-0.3, -0.25) is 24.5 Å². The summed E-state index contributed by atoms with van der Waals surface area (Å²) >= 11 is 0. The van der Waals surface area contributed by atoms with Gasteiger partial charge in [-0.15, -0.1) is 0 Å². The molecule has 2 fully saturated rings. The van der Waals surface area contributed by atoms with Crippen molar-refractivity contribution in [1.82, 2.24) is 5.32 Å². The molecule has 8 atom stereocenters. The van der Waals surface area contributed by atoms with Gasteiger partial charge in [-0.25, -0.2) is 4.79 Å². The molecule has 2 aromatic rings. The Labute approximate surface area is 396 Å². The quantitative estimate of drug-likeness (QED) is 0.0752. The summed E-state index contributed by atoms with van der Waals surface area (Å²) in [6.07, 6.45) is 2.90. The summed E-state index contributed by atoms with van der Waals surface area (Å²) in [5.74, 6) is -2.30. The van der Waals surface area contributed by atoms with Crippen LogP contribution in [0, 0.1) is 11.8 Å². The molecule has 2 saturated heterocycles. The molecule has 5 rings (SSSR count). The zero-order valence-electron chi connectivity index (χ0n) is 39.9. The number of esters is 1. The molecule has 0 saturated carbocycles. The Hall–Kier alpha value is -4.55. The Morgan fingerprint density at radius 2 is 1.79 bits per heavy atom. The molecule has 15 nitrogen and oxygen atoms in total. The van der Waals surface area contributed by atoms with E-state index >= 15 is 0 Å². The van der Waals surface area contributed by atoms with E-state index in [0.717, 1.165) is 16.7 Å². The maximum absolute atomic E-state index is 14.6. The number of carbonyl (C=O) groups excluding carboxylic acids is 4. The third-order valence-electron chi connectivity index (χ3n) is 12.4. The number of aliphatic carboxylic acids is 1.